The second kappa shape index (κ2) is 8.59. The van der Waals surface area contributed by atoms with E-state index in [0.29, 0.717) is 43.9 Å². The van der Waals surface area contributed by atoms with Gasteiger partial charge >= 0.3 is 0 Å². The summed E-state index contributed by atoms with van der Waals surface area (Å²) in [5.74, 6) is 1.74. The van der Waals surface area contributed by atoms with Gasteiger partial charge in [0.1, 0.15) is 17.6 Å². The highest BCUT2D eigenvalue weighted by Gasteiger charge is 2.39. The summed E-state index contributed by atoms with van der Waals surface area (Å²) >= 11 is 0. The summed E-state index contributed by atoms with van der Waals surface area (Å²) in [4.78, 5) is 14.4. The van der Waals surface area contributed by atoms with E-state index < -0.39 is 12.5 Å². The molecule has 0 spiro atoms. The first kappa shape index (κ1) is 21.8. The summed E-state index contributed by atoms with van der Waals surface area (Å²) in [7, 11) is 0. The second-order valence-corrected chi connectivity index (χ2v) is 9.69. The lowest BCUT2D eigenvalue weighted by Crippen LogP contribution is -2.46. The largest absolute Gasteiger partial charge is 0.367 e. The third kappa shape index (κ3) is 4.75. The van der Waals surface area contributed by atoms with Crippen LogP contribution in [0, 0.1) is 5.92 Å². The van der Waals surface area contributed by atoms with Crippen LogP contribution in [0.15, 0.2) is 22.9 Å². The summed E-state index contributed by atoms with van der Waals surface area (Å²) in [6.07, 6.45) is 2.01. The Labute approximate surface area is 181 Å². The van der Waals surface area contributed by atoms with Crippen molar-refractivity contribution in [1.29, 1.82) is 0 Å². The molecule has 0 aliphatic carbocycles. The van der Waals surface area contributed by atoms with Gasteiger partial charge in [-0.25, -0.2) is 13.5 Å². The number of aryl methyl sites for hydroxylation is 1. The molecule has 2 atom stereocenters. The maximum absolute atomic E-state index is 13.9. The third-order valence-electron chi connectivity index (χ3n) is 6.48. The molecule has 170 valence electrons. The van der Waals surface area contributed by atoms with Gasteiger partial charge in [-0.3, -0.25) is 4.79 Å². The molecule has 0 radical (unpaired) electrons. The molecule has 0 aromatic carbocycles. The Hall–Kier alpha value is -2.45. The molecule has 7 nitrogen and oxygen atoms in total. The number of aromatic nitrogens is 3. The maximum Gasteiger partial charge on any atom is 0.260 e. The van der Waals surface area contributed by atoms with Gasteiger partial charge in [0.05, 0.1) is 11.9 Å². The number of rotatable bonds is 5. The SMILES string of the molecule is CC(C)(C)c1cc2n(n1)[C@@H](C(F)F)C[C@@H](C1CCN(C(=O)CCc3ccno3)CC1)N2. The van der Waals surface area contributed by atoms with Crippen molar-refractivity contribution in [3.63, 3.8) is 0 Å². The number of anilines is 1. The zero-order valence-electron chi connectivity index (χ0n) is 18.4. The van der Waals surface area contributed by atoms with Crippen molar-refractivity contribution < 1.29 is 18.1 Å². The number of halogens is 2. The van der Waals surface area contributed by atoms with Gasteiger partial charge in [-0.05, 0) is 25.2 Å². The standard InChI is InChI=1S/C22H31F2N5O2/c1-22(2,3)18-13-19-26-16(12-17(21(23)24)29(19)27-18)14-7-10-28(11-8-14)20(30)5-4-15-6-9-25-31-15/h6,9,13-14,16-17,21,26H,4-5,7-8,10-12H2,1-3H3/t16-,17+/m0/s1. The van der Waals surface area contributed by atoms with E-state index in [-0.39, 0.29) is 23.3 Å². The van der Waals surface area contributed by atoms with E-state index in [1.54, 1.807) is 12.3 Å². The third-order valence-corrected chi connectivity index (χ3v) is 6.48. The van der Waals surface area contributed by atoms with Gasteiger partial charge in [0.25, 0.3) is 6.43 Å². The minimum atomic E-state index is -2.46. The predicted molar refractivity (Wildman–Crippen MR) is 112 cm³/mol. The summed E-state index contributed by atoms with van der Waals surface area (Å²) < 4.78 is 34.2. The van der Waals surface area contributed by atoms with Gasteiger partial charge in [-0.15, -0.1) is 0 Å². The Kier molecular flexibility index (Phi) is 6.03. The fraction of sp³-hybridized carbons (Fsp3) is 0.682. The molecule has 2 aromatic rings. The number of alkyl halides is 2. The number of hydrogen-bond donors (Lipinski definition) is 1. The highest BCUT2D eigenvalue weighted by molar-refractivity contribution is 5.76. The number of carbonyl (C=O) groups is 1. The number of nitrogens with zero attached hydrogens (tertiary/aromatic N) is 4. The van der Waals surface area contributed by atoms with Crippen LogP contribution in [0.4, 0.5) is 14.6 Å². The van der Waals surface area contributed by atoms with Crippen molar-refractivity contribution >= 4 is 11.7 Å². The molecule has 1 saturated heterocycles. The van der Waals surface area contributed by atoms with Gasteiger partial charge < -0.3 is 14.7 Å². The van der Waals surface area contributed by atoms with Crippen molar-refractivity contribution in [2.75, 3.05) is 18.4 Å². The molecule has 4 heterocycles. The fourth-order valence-electron chi connectivity index (χ4n) is 4.56. The lowest BCUT2D eigenvalue weighted by atomic mass is 9.84. The van der Waals surface area contributed by atoms with E-state index in [0.717, 1.165) is 18.5 Å². The molecule has 9 heteroatoms. The van der Waals surface area contributed by atoms with Crippen LogP contribution in [-0.2, 0) is 16.6 Å². The highest BCUT2D eigenvalue weighted by atomic mass is 19.3. The van der Waals surface area contributed by atoms with Crippen molar-refractivity contribution in [3.05, 3.63) is 29.8 Å². The first-order chi connectivity index (χ1) is 14.7. The zero-order valence-corrected chi connectivity index (χ0v) is 18.4. The van der Waals surface area contributed by atoms with Crippen molar-refractivity contribution in [2.24, 2.45) is 5.92 Å². The van der Waals surface area contributed by atoms with Crippen LogP contribution in [0.5, 0.6) is 0 Å². The molecule has 1 N–H and O–H groups in total. The average Bonchev–Trinajstić information content (AvgIpc) is 3.40. The predicted octanol–water partition coefficient (Wildman–Crippen LogP) is 4.03. The monoisotopic (exact) mass is 435 g/mol. The van der Waals surface area contributed by atoms with E-state index in [1.165, 1.54) is 4.68 Å². The Morgan fingerprint density at radius 1 is 1.32 bits per heavy atom. The number of carbonyl (C=O) groups excluding carboxylic acids is 1. The maximum atomic E-state index is 13.9. The fourth-order valence-corrected chi connectivity index (χ4v) is 4.56. The number of likely N-dealkylation sites (tertiary alicyclic amines) is 1. The molecule has 31 heavy (non-hydrogen) atoms. The Morgan fingerprint density at radius 3 is 2.68 bits per heavy atom. The molecule has 1 amide bonds. The number of fused-ring (bicyclic) bond motifs is 1. The minimum absolute atomic E-state index is 0.0394. The summed E-state index contributed by atoms with van der Waals surface area (Å²) in [5.41, 5.74) is 0.611. The summed E-state index contributed by atoms with van der Waals surface area (Å²) in [6.45, 7) is 7.41. The van der Waals surface area contributed by atoms with Crippen LogP contribution in [-0.4, -0.2) is 51.3 Å². The highest BCUT2D eigenvalue weighted by Crippen LogP contribution is 2.38. The van der Waals surface area contributed by atoms with E-state index in [2.05, 4.69) is 15.6 Å². The second-order valence-electron chi connectivity index (χ2n) is 9.69. The summed E-state index contributed by atoms with van der Waals surface area (Å²) in [5, 5.41) is 11.6. The Bertz CT molecular complexity index is 882. The molecule has 0 saturated carbocycles. The van der Waals surface area contributed by atoms with E-state index in [9.17, 15) is 13.6 Å². The topological polar surface area (TPSA) is 76.2 Å². The van der Waals surface area contributed by atoms with Crippen LogP contribution < -0.4 is 5.32 Å². The van der Waals surface area contributed by atoms with Crippen molar-refractivity contribution in [1.82, 2.24) is 19.8 Å². The molecular formula is C22H31F2N5O2. The van der Waals surface area contributed by atoms with Crippen LogP contribution in [0.1, 0.15) is 64.0 Å². The Balaban J connectivity index is 1.37. The van der Waals surface area contributed by atoms with E-state index >= 15 is 0 Å². The quantitative estimate of drug-likeness (QED) is 0.767. The Morgan fingerprint density at radius 2 is 2.06 bits per heavy atom. The molecule has 0 bridgehead atoms. The minimum Gasteiger partial charge on any atom is -0.367 e. The van der Waals surface area contributed by atoms with Gasteiger partial charge in [-0.2, -0.15) is 5.10 Å². The number of piperidine rings is 1. The van der Waals surface area contributed by atoms with E-state index in [1.807, 2.05) is 31.7 Å². The molecule has 2 aliphatic heterocycles. The summed E-state index contributed by atoms with van der Waals surface area (Å²) in [6, 6.07) is 2.72. The van der Waals surface area contributed by atoms with Gasteiger partial charge in [0.15, 0.2) is 0 Å². The van der Waals surface area contributed by atoms with Crippen LogP contribution in [0.25, 0.3) is 0 Å². The van der Waals surface area contributed by atoms with Crippen molar-refractivity contribution in [2.45, 2.75) is 76.8 Å². The molecule has 4 rings (SSSR count). The first-order valence-electron chi connectivity index (χ1n) is 11.0. The van der Waals surface area contributed by atoms with Gasteiger partial charge in [0.2, 0.25) is 5.91 Å². The zero-order chi connectivity index (χ0) is 22.2. The van der Waals surface area contributed by atoms with E-state index in [4.69, 9.17) is 4.52 Å². The van der Waals surface area contributed by atoms with Crippen LogP contribution >= 0.6 is 0 Å². The average molecular weight is 436 g/mol. The normalized spacial score (nSPS) is 22.5. The molecule has 2 aromatic heterocycles. The molecular weight excluding hydrogens is 404 g/mol. The molecule has 2 aliphatic rings. The lowest BCUT2D eigenvalue weighted by Gasteiger charge is -2.40. The lowest BCUT2D eigenvalue weighted by molar-refractivity contribution is -0.132. The first-order valence-corrected chi connectivity index (χ1v) is 11.0. The smallest absolute Gasteiger partial charge is 0.260 e. The number of amides is 1. The van der Waals surface area contributed by atoms with Gasteiger partial charge in [0, 0.05) is 49.5 Å². The van der Waals surface area contributed by atoms with Gasteiger partial charge in [-0.1, -0.05) is 25.9 Å². The van der Waals surface area contributed by atoms with Crippen LogP contribution in [0.3, 0.4) is 0 Å². The molecule has 0 unspecified atom stereocenters. The number of hydrogen-bond acceptors (Lipinski definition) is 5. The molecule has 1 fully saturated rings. The van der Waals surface area contributed by atoms with Crippen molar-refractivity contribution in [3.8, 4) is 0 Å². The number of nitrogens with one attached hydrogen (secondary N) is 1. The van der Waals surface area contributed by atoms with Crippen LogP contribution in [0.2, 0.25) is 0 Å².